The van der Waals surface area contributed by atoms with Crippen molar-refractivity contribution in [1.29, 1.82) is 0 Å². The van der Waals surface area contributed by atoms with E-state index in [9.17, 15) is 4.79 Å². The van der Waals surface area contributed by atoms with Crippen LogP contribution < -0.4 is 5.56 Å². The van der Waals surface area contributed by atoms with E-state index in [-0.39, 0.29) is 5.56 Å². The summed E-state index contributed by atoms with van der Waals surface area (Å²) in [6, 6.07) is 29.3. The van der Waals surface area contributed by atoms with Gasteiger partial charge in [-0.1, -0.05) is 78.9 Å². The summed E-state index contributed by atoms with van der Waals surface area (Å²) in [5.41, 5.74) is 3.98. The molecular weight excluding hydrogens is 360 g/mol. The molecule has 0 unspecified atom stereocenters. The van der Waals surface area contributed by atoms with Gasteiger partial charge in [0.2, 0.25) is 0 Å². The smallest absolute Gasteiger partial charge is 0.267 e. The van der Waals surface area contributed by atoms with Crippen LogP contribution in [0, 0.1) is 0 Å². The van der Waals surface area contributed by atoms with Crippen LogP contribution in [0.25, 0.3) is 27.8 Å². The average Bonchev–Trinajstić information content (AvgIpc) is 3.15. The van der Waals surface area contributed by atoms with E-state index in [1.54, 1.807) is 6.20 Å². The molecule has 0 N–H and O–H groups in total. The number of aromatic nitrogens is 4. The van der Waals surface area contributed by atoms with Crippen molar-refractivity contribution in [2.45, 2.75) is 6.54 Å². The van der Waals surface area contributed by atoms with Crippen molar-refractivity contribution in [3.05, 3.63) is 113 Å². The van der Waals surface area contributed by atoms with Gasteiger partial charge in [-0.15, -0.1) is 0 Å². The van der Waals surface area contributed by atoms with Gasteiger partial charge >= 0.3 is 0 Å². The average molecular weight is 378 g/mol. The van der Waals surface area contributed by atoms with Gasteiger partial charge in [0.1, 0.15) is 5.69 Å². The maximum Gasteiger partial charge on any atom is 0.283 e. The topological polar surface area (TPSA) is 52.7 Å². The molecule has 0 amide bonds. The predicted octanol–water partition coefficient (Wildman–Crippen LogP) is 4.30. The Morgan fingerprint density at radius 2 is 1.38 bits per heavy atom. The Balaban J connectivity index is 1.76. The van der Waals surface area contributed by atoms with Crippen LogP contribution in [0.5, 0.6) is 0 Å². The maximum atomic E-state index is 13.4. The van der Waals surface area contributed by atoms with E-state index < -0.39 is 0 Å². The van der Waals surface area contributed by atoms with Crippen molar-refractivity contribution in [1.82, 2.24) is 19.6 Å². The SMILES string of the molecule is O=c1c2c(-c3ccccc3)nn(Cc3ccccc3)c2cnn1-c1ccccc1. The van der Waals surface area contributed by atoms with Gasteiger partial charge in [-0.05, 0) is 17.7 Å². The van der Waals surface area contributed by atoms with Crippen molar-refractivity contribution < 1.29 is 0 Å². The van der Waals surface area contributed by atoms with Gasteiger partial charge in [0.25, 0.3) is 5.56 Å². The molecule has 0 spiro atoms. The van der Waals surface area contributed by atoms with Crippen LogP contribution in [0.15, 0.2) is 102 Å². The Labute approximate surface area is 167 Å². The Kier molecular flexibility index (Phi) is 4.26. The van der Waals surface area contributed by atoms with E-state index in [1.807, 2.05) is 95.7 Å². The zero-order valence-electron chi connectivity index (χ0n) is 15.6. The van der Waals surface area contributed by atoms with Crippen LogP contribution in [0.2, 0.25) is 0 Å². The van der Waals surface area contributed by atoms with Crippen LogP contribution in [-0.4, -0.2) is 19.6 Å². The molecular formula is C24H18N4O. The first-order valence-electron chi connectivity index (χ1n) is 9.45. The van der Waals surface area contributed by atoms with Gasteiger partial charge in [-0.3, -0.25) is 9.48 Å². The summed E-state index contributed by atoms with van der Waals surface area (Å²) >= 11 is 0. The predicted molar refractivity (Wildman–Crippen MR) is 114 cm³/mol. The zero-order valence-corrected chi connectivity index (χ0v) is 15.6. The van der Waals surface area contributed by atoms with Crippen molar-refractivity contribution in [2.75, 3.05) is 0 Å². The molecule has 0 saturated carbocycles. The second kappa shape index (κ2) is 7.20. The number of fused-ring (bicyclic) bond motifs is 1. The number of nitrogens with zero attached hydrogens (tertiary/aromatic N) is 4. The third-order valence-corrected chi connectivity index (χ3v) is 4.92. The third-order valence-electron chi connectivity index (χ3n) is 4.92. The fourth-order valence-electron chi connectivity index (χ4n) is 3.52. The lowest BCUT2D eigenvalue weighted by Crippen LogP contribution is -2.21. The van der Waals surface area contributed by atoms with Crippen molar-refractivity contribution in [3.63, 3.8) is 0 Å². The van der Waals surface area contributed by atoms with E-state index >= 15 is 0 Å². The number of benzene rings is 3. The molecule has 5 aromatic rings. The molecule has 0 aliphatic rings. The Bertz CT molecular complexity index is 1320. The molecule has 5 heteroatoms. The summed E-state index contributed by atoms with van der Waals surface area (Å²) in [6.07, 6.45) is 1.73. The normalized spacial score (nSPS) is 11.0. The minimum atomic E-state index is -0.174. The van der Waals surface area contributed by atoms with Gasteiger partial charge in [-0.2, -0.15) is 14.9 Å². The largest absolute Gasteiger partial charge is 0.283 e. The van der Waals surface area contributed by atoms with E-state index in [2.05, 4.69) is 5.10 Å². The van der Waals surface area contributed by atoms with Gasteiger partial charge in [-0.25, -0.2) is 0 Å². The van der Waals surface area contributed by atoms with Crippen LogP contribution >= 0.6 is 0 Å². The first-order valence-corrected chi connectivity index (χ1v) is 9.45. The number of hydrogen-bond donors (Lipinski definition) is 0. The summed E-state index contributed by atoms with van der Waals surface area (Å²) in [5, 5.41) is 9.82. The first kappa shape index (κ1) is 17.1. The molecule has 29 heavy (non-hydrogen) atoms. The summed E-state index contributed by atoms with van der Waals surface area (Å²) < 4.78 is 3.29. The fourth-order valence-corrected chi connectivity index (χ4v) is 3.52. The molecule has 0 aliphatic heterocycles. The monoisotopic (exact) mass is 378 g/mol. The molecule has 2 aromatic heterocycles. The molecule has 0 radical (unpaired) electrons. The lowest BCUT2D eigenvalue weighted by molar-refractivity contribution is 0.710. The standard InChI is InChI=1S/C24H18N4O/c29-24-22-21(16-25-28(24)20-14-8-3-9-15-20)27(17-18-10-4-1-5-11-18)26-23(22)19-12-6-2-7-13-19/h1-16H,17H2. The van der Waals surface area contributed by atoms with Crippen LogP contribution in [0.3, 0.4) is 0 Å². The van der Waals surface area contributed by atoms with Gasteiger partial charge in [0, 0.05) is 5.56 Å². The first-order chi connectivity index (χ1) is 14.3. The molecule has 140 valence electrons. The minimum Gasteiger partial charge on any atom is -0.267 e. The zero-order chi connectivity index (χ0) is 19.6. The summed E-state index contributed by atoms with van der Waals surface area (Å²) in [6.45, 7) is 0.570. The Hall–Kier alpha value is -3.99. The summed E-state index contributed by atoms with van der Waals surface area (Å²) in [7, 11) is 0. The lowest BCUT2D eigenvalue weighted by atomic mass is 10.1. The number of rotatable bonds is 4. The molecule has 3 aromatic carbocycles. The maximum absolute atomic E-state index is 13.4. The fraction of sp³-hybridized carbons (Fsp3) is 0.0417. The summed E-state index contributed by atoms with van der Waals surface area (Å²) in [5.74, 6) is 0. The third kappa shape index (κ3) is 3.12. The molecule has 0 bridgehead atoms. The molecule has 0 fully saturated rings. The van der Waals surface area contributed by atoms with E-state index in [4.69, 9.17) is 5.10 Å². The molecule has 5 rings (SSSR count). The highest BCUT2D eigenvalue weighted by Gasteiger charge is 2.18. The minimum absolute atomic E-state index is 0.174. The highest BCUT2D eigenvalue weighted by molar-refractivity contribution is 5.92. The van der Waals surface area contributed by atoms with Gasteiger partial charge < -0.3 is 0 Å². The Morgan fingerprint density at radius 1 is 0.759 bits per heavy atom. The van der Waals surface area contributed by atoms with Crippen LogP contribution in [0.4, 0.5) is 0 Å². The van der Waals surface area contributed by atoms with Crippen LogP contribution in [0.1, 0.15) is 5.56 Å². The molecule has 0 saturated heterocycles. The van der Waals surface area contributed by atoms with E-state index in [1.165, 1.54) is 4.68 Å². The van der Waals surface area contributed by atoms with Crippen molar-refractivity contribution >= 4 is 10.9 Å². The molecule has 2 heterocycles. The van der Waals surface area contributed by atoms with E-state index in [0.29, 0.717) is 17.6 Å². The van der Waals surface area contributed by atoms with E-state index in [0.717, 1.165) is 22.3 Å². The number of hydrogen-bond acceptors (Lipinski definition) is 3. The highest BCUT2D eigenvalue weighted by atomic mass is 16.1. The quantitative estimate of drug-likeness (QED) is 0.469. The van der Waals surface area contributed by atoms with Gasteiger partial charge in [0.05, 0.1) is 29.3 Å². The second-order valence-electron chi connectivity index (χ2n) is 6.82. The van der Waals surface area contributed by atoms with Crippen molar-refractivity contribution in [3.8, 4) is 16.9 Å². The van der Waals surface area contributed by atoms with Crippen LogP contribution in [-0.2, 0) is 6.54 Å². The Morgan fingerprint density at radius 3 is 2.07 bits per heavy atom. The number of para-hydroxylation sites is 1. The highest BCUT2D eigenvalue weighted by Crippen LogP contribution is 2.26. The summed E-state index contributed by atoms with van der Waals surface area (Å²) in [4.78, 5) is 13.4. The second-order valence-corrected chi connectivity index (χ2v) is 6.82. The van der Waals surface area contributed by atoms with Crippen molar-refractivity contribution in [2.24, 2.45) is 0 Å². The van der Waals surface area contributed by atoms with Gasteiger partial charge in [0.15, 0.2) is 0 Å². The lowest BCUT2D eigenvalue weighted by Gasteiger charge is -2.06. The molecule has 0 aliphatic carbocycles. The molecule has 0 atom stereocenters. The molecule has 5 nitrogen and oxygen atoms in total.